The van der Waals surface area contributed by atoms with Crippen LogP contribution in [0.2, 0.25) is 0 Å². The van der Waals surface area contributed by atoms with E-state index in [2.05, 4.69) is 12.1 Å². The molecule has 150 valence electrons. The van der Waals surface area contributed by atoms with Gasteiger partial charge in [0, 0.05) is 25.4 Å². The standard InChI is InChI=1S/C23H23NO4S/c1-24(20-12-14-21(15-13-20)29(2,26)27)23(25)17-28-22-11-7-6-10-19(22)16-18-8-4-3-5-9-18/h3-15H,16-17H2,1-2H3. The summed E-state index contributed by atoms with van der Waals surface area (Å²) in [5.74, 6) is 0.442. The number of nitrogens with zero attached hydrogens (tertiary/aromatic N) is 1. The third-order valence-electron chi connectivity index (χ3n) is 4.59. The summed E-state index contributed by atoms with van der Waals surface area (Å²) in [5.41, 5.74) is 2.77. The fraction of sp³-hybridized carbons (Fsp3) is 0.174. The van der Waals surface area contributed by atoms with Crippen LogP contribution in [-0.2, 0) is 21.1 Å². The van der Waals surface area contributed by atoms with E-state index >= 15 is 0 Å². The van der Waals surface area contributed by atoms with Crippen LogP contribution in [0.5, 0.6) is 5.75 Å². The molecule has 0 heterocycles. The molecule has 0 aliphatic heterocycles. The molecule has 0 aliphatic rings. The minimum Gasteiger partial charge on any atom is -0.483 e. The van der Waals surface area contributed by atoms with Gasteiger partial charge in [0.15, 0.2) is 16.4 Å². The fourth-order valence-corrected chi connectivity index (χ4v) is 3.53. The molecule has 0 atom stereocenters. The summed E-state index contributed by atoms with van der Waals surface area (Å²) in [5, 5.41) is 0. The Bertz CT molecular complexity index is 1080. The molecule has 6 heteroatoms. The number of anilines is 1. The number of likely N-dealkylation sites (N-methyl/N-ethyl adjacent to an activating group) is 1. The second kappa shape index (κ2) is 8.92. The first kappa shape index (κ1) is 20.6. The van der Waals surface area contributed by atoms with E-state index in [1.54, 1.807) is 19.2 Å². The average Bonchev–Trinajstić information content (AvgIpc) is 2.72. The Morgan fingerprint density at radius 3 is 2.17 bits per heavy atom. The number of hydrogen-bond donors (Lipinski definition) is 0. The lowest BCUT2D eigenvalue weighted by Gasteiger charge is -2.19. The summed E-state index contributed by atoms with van der Waals surface area (Å²) in [6.45, 7) is -0.115. The first-order chi connectivity index (χ1) is 13.8. The number of benzene rings is 3. The zero-order valence-electron chi connectivity index (χ0n) is 16.4. The van der Waals surface area contributed by atoms with Crippen molar-refractivity contribution in [2.24, 2.45) is 0 Å². The van der Waals surface area contributed by atoms with Gasteiger partial charge in [0.1, 0.15) is 5.75 Å². The van der Waals surface area contributed by atoms with Gasteiger partial charge < -0.3 is 9.64 Å². The van der Waals surface area contributed by atoms with Crippen molar-refractivity contribution in [3.63, 3.8) is 0 Å². The lowest BCUT2D eigenvalue weighted by molar-refractivity contribution is -0.120. The summed E-state index contributed by atoms with van der Waals surface area (Å²) in [4.78, 5) is 14.2. The van der Waals surface area contributed by atoms with Crippen LogP contribution in [0.1, 0.15) is 11.1 Å². The highest BCUT2D eigenvalue weighted by molar-refractivity contribution is 7.90. The van der Waals surface area contributed by atoms with Crippen LogP contribution in [0, 0.1) is 0 Å². The fourth-order valence-electron chi connectivity index (χ4n) is 2.90. The zero-order chi connectivity index (χ0) is 20.9. The number of ether oxygens (including phenoxy) is 1. The molecule has 1 amide bonds. The van der Waals surface area contributed by atoms with Crippen LogP contribution >= 0.6 is 0 Å². The summed E-state index contributed by atoms with van der Waals surface area (Å²) < 4.78 is 28.9. The van der Waals surface area contributed by atoms with Gasteiger partial charge in [-0.3, -0.25) is 4.79 Å². The molecule has 0 N–H and O–H groups in total. The van der Waals surface area contributed by atoms with E-state index < -0.39 is 9.84 Å². The van der Waals surface area contributed by atoms with Crippen molar-refractivity contribution in [1.29, 1.82) is 0 Å². The van der Waals surface area contributed by atoms with E-state index in [1.807, 2.05) is 42.5 Å². The molecule has 0 saturated carbocycles. The first-order valence-corrected chi connectivity index (χ1v) is 11.0. The molecule has 0 aliphatic carbocycles. The first-order valence-electron chi connectivity index (χ1n) is 9.16. The molecule has 0 aromatic heterocycles. The monoisotopic (exact) mass is 409 g/mol. The van der Waals surface area contributed by atoms with Gasteiger partial charge in [0.25, 0.3) is 5.91 Å². The quantitative estimate of drug-likeness (QED) is 0.597. The minimum absolute atomic E-state index is 0.115. The van der Waals surface area contributed by atoms with Crippen LogP contribution in [0.4, 0.5) is 5.69 Å². The van der Waals surface area contributed by atoms with Crippen molar-refractivity contribution in [2.75, 3.05) is 24.8 Å². The summed E-state index contributed by atoms with van der Waals surface area (Å²) in [6, 6.07) is 23.9. The summed E-state index contributed by atoms with van der Waals surface area (Å²) in [6.07, 6.45) is 1.87. The van der Waals surface area contributed by atoms with Crippen LogP contribution < -0.4 is 9.64 Å². The Morgan fingerprint density at radius 1 is 0.897 bits per heavy atom. The van der Waals surface area contributed by atoms with Gasteiger partial charge >= 0.3 is 0 Å². The highest BCUT2D eigenvalue weighted by Gasteiger charge is 2.14. The summed E-state index contributed by atoms with van der Waals surface area (Å²) in [7, 11) is -1.63. The van der Waals surface area contributed by atoms with Crippen molar-refractivity contribution in [2.45, 2.75) is 11.3 Å². The van der Waals surface area contributed by atoms with Crippen LogP contribution in [0.3, 0.4) is 0 Å². The Balaban J connectivity index is 1.66. The van der Waals surface area contributed by atoms with Crippen molar-refractivity contribution >= 4 is 21.4 Å². The van der Waals surface area contributed by atoms with Gasteiger partial charge in [-0.25, -0.2) is 8.42 Å². The number of carbonyl (C=O) groups is 1. The normalized spacial score (nSPS) is 11.1. The Hall–Kier alpha value is -3.12. The van der Waals surface area contributed by atoms with Gasteiger partial charge in [-0.2, -0.15) is 0 Å². The Labute approximate surface area is 171 Å². The van der Waals surface area contributed by atoms with Crippen molar-refractivity contribution in [1.82, 2.24) is 0 Å². The third-order valence-corrected chi connectivity index (χ3v) is 5.72. The molecule has 3 aromatic rings. The predicted octanol–water partition coefficient (Wildman–Crippen LogP) is 3.72. The van der Waals surface area contributed by atoms with Crippen LogP contribution in [-0.4, -0.2) is 34.2 Å². The molecule has 3 aromatic carbocycles. The van der Waals surface area contributed by atoms with Crippen LogP contribution in [0.15, 0.2) is 83.8 Å². The van der Waals surface area contributed by atoms with E-state index in [-0.39, 0.29) is 17.4 Å². The molecule has 5 nitrogen and oxygen atoms in total. The van der Waals surface area contributed by atoms with Gasteiger partial charge in [0.2, 0.25) is 0 Å². The predicted molar refractivity (Wildman–Crippen MR) is 114 cm³/mol. The Morgan fingerprint density at radius 2 is 1.52 bits per heavy atom. The highest BCUT2D eigenvalue weighted by Crippen LogP contribution is 2.22. The van der Waals surface area contributed by atoms with Gasteiger partial charge in [-0.05, 0) is 41.5 Å². The van der Waals surface area contributed by atoms with E-state index in [9.17, 15) is 13.2 Å². The van der Waals surface area contributed by atoms with Crippen LogP contribution in [0.25, 0.3) is 0 Å². The summed E-state index contributed by atoms with van der Waals surface area (Å²) >= 11 is 0. The molecule has 29 heavy (non-hydrogen) atoms. The molecule has 0 bridgehead atoms. The smallest absolute Gasteiger partial charge is 0.264 e. The number of hydrogen-bond acceptors (Lipinski definition) is 4. The minimum atomic E-state index is -3.27. The molecule has 0 radical (unpaired) electrons. The van der Waals surface area contributed by atoms with E-state index in [4.69, 9.17) is 4.74 Å². The zero-order valence-corrected chi connectivity index (χ0v) is 17.2. The maximum atomic E-state index is 12.6. The molecule has 0 saturated heterocycles. The average molecular weight is 410 g/mol. The maximum absolute atomic E-state index is 12.6. The number of sulfone groups is 1. The van der Waals surface area contributed by atoms with E-state index in [1.165, 1.54) is 17.0 Å². The van der Waals surface area contributed by atoms with Crippen molar-refractivity contribution < 1.29 is 17.9 Å². The van der Waals surface area contributed by atoms with Gasteiger partial charge in [-0.1, -0.05) is 48.5 Å². The van der Waals surface area contributed by atoms with E-state index in [0.29, 0.717) is 17.9 Å². The molecule has 3 rings (SSSR count). The second-order valence-corrected chi connectivity index (χ2v) is 8.79. The number of amides is 1. The Kier molecular flexibility index (Phi) is 6.34. The molecule has 0 fully saturated rings. The third kappa shape index (κ3) is 5.45. The number of rotatable bonds is 7. The molecular formula is C23H23NO4S. The topological polar surface area (TPSA) is 63.7 Å². The maximum Gasteiger partial charge on any atom is 0.264 e. The van der Waals surface area contributed by atoms with E-state index in [0.717, 1.165) is 17.4 Å². The second-order valence-electron chi connectivity index (χ2n) is 6.78. The largest absolute Gasteiger partial charge is 0.483 e. The number of para-hydroxylation sites is 1. The number of carbonyl (C=O) groups excluding carboxylic acids is 1. The van der Waals surface area contributed by atoms with Gasteiger partial charge in [0.05, 0.1) is 4.90 Å². The van der Waals surface area contributed by atoms with Crippen molar-refractivity contribution in [3.8, 4) is 5.75 Å². The van der Waals surface area contributed by atoms with Gasteiger partial charge in [-0.15, -0.1) is 0 Å². The van der Waals surface area contributed by atoms with Crippen molar-refractivity contribution in [3.05, 3.63) is 90.0 Å². The molecular weight excluding hydrogens is 386 g/mol. The molecule has 0 spiro atoms. The SMILES string of the molecule is CN(C(=O)COc1ccccc1Cc1ccccc1)c1ccc(S(C)(=O)=O)cc1. The molecule has 0 unspecified atom stereocenters. The lowest BCUT2D eigenvalue weighted by Crippen LogP contribution is -2.31. The highest BCUT2D eigenvalue weighted by atomic mass is 32.2. The lowest BCUT2D eigenvalue weighted by atomic mass is 10.0.